The normalized spacial score (nSPS) is 27.4. The van der Waals surface area contributed by atoms with Gasteiger partial charge in [0.25, 0.3) is 0 Å². The second-order valence-electron chi connectivity index (χ2n) is 4.18. The molecule has 1 rings (SSSR count). The number of methoxy groups -OCH3 is 1. The summed E-state index contributed by atoms with van der Waals surface area (Å²) in [6.07, 6.45) is 6.12. The molecule has 86 valence electrons. The van der Waals surface area contributed by atoms with Crippen molar-refractivity contribution in [2.75, 3.05) is 13.7 Å². The Bertz CT molecular complexity index is 235. The number of hydrogen-bond donors (Lipinski definition) is 0. The van der Waals surface area contributed by atoms with Crippen molar-refractivity contribution in [2.24, 2.45) is 11.8 Å². The monoisotopic (exact) mass is 212 g/mol. The topological polar surface area (TPSA) is 35.5 Å². The summed E-state index contributed by atoms with van der Waals surface area (Å²) in [5, 5.41) is 0. The summed E-state index contributed by atoms with van der Waals surface area (Å²) in [6, 6.07) is 0. The molecule has 15 heavy (non-hydrogen) atoms. The molecule has 0 aromatic carbocycles. The van der Waals surface area contributed by atoms with E-state index < -0.39 is 6.10 Å². The van der Waals surface area contributed by atoms with Crippen molar-refractivity contribution in [3.8, 4) is 0 Å². The zero-order chi connectivity index (χ0) is 11.3. The maximum absolute atomic E-state index is 11.1. The molecule has 0 N–H and O–H groups in total. The summed E-state index contributed by atoms with van der Waals surface area (Å²) < 4.78 is 10.1. The summed E-state index contributed by atoms with van der Waals surface area (Å²) >= 11 is 0. The summed E-state index contributed by atoms with van der Waals surface area (Å²) in [7, 11) is 1.38. The number of ether oxygens (including phenoxy) is 2. The minimum Gasteiger partial charge on any atom is -0.467 e. The number of allylic oxidation sites excluding steroid dienone is 2. The molecule has 1 aliphatic rings. The van der Waals surface area contributed by atoms with E-state index >= 15 is 0 Å². The summed E-state index contributed by atoms with van der Waals surface area (Å²) in [4.78, 5) is 11.1. The van der Waals surface area contributed by atoms with Crippen LogP contribution in [0.25, 0.3) is 0 Å². The zero-order valence-electron chi connectivity index (χ0n) is 9.73. The number of rotatable bonds is 4. The van der Waals surface area contributed by atoms with Crippen molar-refractivity contribution in [1.29, 1.82) is 0 Å². The van der Waals surface area contributed by atoms with Crippen LogP contribution in [0.1, 0.15) is 26.7 Å². The molecule has 3 nitrogen and oxygen atoms in total. The van der Waals surface area contributed by atoms with Gasteiger partial charge in [0.15, 0.2) is 6.10 Å². The van der Waals surface area contributed by atoms with E-state index in [1.165, 1.54) is 7.11 Å². The largest absolute Gasteiger partial charge is 0.467 e. The first-order valence-electron chi connectivity index (χ1n) is 5.49. The average Bonchev–Trinajstić information content (AvgIpc) is 2.26. The lowest BCUT2D eigenvalue weighted by Gasteiger charge is -2.25. The molecule has 0 fully saturated rings. The standard InChI is InChI=1S/C12H20O3/c1-9-6-4-5-7-11(9)8-15-10(2)12(13)14-3/h4-5,9-11H,6-8H2,1-3H3. The van der Waals surface area contributed by atoms with Gasteiger partial charge in [0.2, 0.25) is 0 Å². The molecule has 3 heteroatoms. The van der Waals surface area contributed by atoms with Gasteiger partial charge in [0, 0.05) is 0 Å². The average molecular weight is 212 g/mol. The SMILES string of the molecule is COC(=O)C(C)OCC1CC=CCC1C. The Labute approximate surface area is 91.4 Å². The highest BCUT2D eigenvalue weighted by atomic mass is 16.6. The van der Waals surface area contributed by atoms with Gasteiger partial charge >= 0.3 is 5.97 Å². The molecule has 0 amide bonds. The molecule has 3 unspecified atom stereocenters. The van der Waals surface area contributed by atoms with Crippen LogP contribution in [0.4, 0.5) is 0 Å². The third-order valence-electron chi connectivity index (χ3n) is 3.01. The van der Waals surface area contributed by atoms with Gasteiger partial charge in [0.05, 0.1) is 13.7 Å². The maximum atomic E-state index is 11.1. The van der Waals surface area contributed by atoms with Crippen molar-refractivity contribution >= 4 is 5.97 Å². The molecular weight excluding hydrogens is 192 g/mol. The van der Waals surface area contributed by atoms with Crippen molar-refractivity contribution in [1.82, 2.24) is 0 Å². The van der Waals surface area contributed by atoms with E-state index in [1.54, 1.807) is 6.92 Å². The highest BCUT2D eigenvalue weighted by Crippen LogP contribution is 2.25. The Morgan fingerprint density at radius 3 is 2.73 bits per heavy atom. The van der Waals surface area contributed by atoms with Crippen LogP contribution in [0, 0.1) is 11.8 Å². The molecule has 0 radical (unpaired) electrons. The minimum absolute atomic E-state index is 0.297. The molecule has 0 spiro atoms. The molecular formula is C12H20O3. The number of esters is 1. The van der Waals surface area contributed by atoms with Crippen LogP contribution in [-0.4, -0.2) is 25.8 Å². The summed E-state index contributed by atoms with van der Waals surface area (Å²) in [5.74, 6) is 0.871. The van der Waals surface area contributed by atoms with E-state index in [0.29, 0.717) is 18.4 Å². The van der Waals surface area contributed by atoms with Gasteiger partial charge in [-0.15, -0.1) is 0 Å². The molecule has 0 bridgehead atoms. The second-order valence-corrected chi connectivity index (χ2v) is 4.18. The predicted octanol–water partition coefficient (Wildman–Crippen LogP) is 2.17. The number of carbonyl (C=O) groups excluding carboxylic acids is 1. The van der Waals surface area contributed by atoms with Gasteiger partial charge in [-0.2, -0.15) is 0 Å². The third-order valence-corrected chi connectivity index (χ3v) is 3.01. The van der Waals surface area contributed by atoms with E-state index in [9.17, 15) is 4.79 Å². The van der Waals surface area contributed by atoms with Gasteiger partial charge in [0.1, 0.15) is 0 Å². The first-order valence-corrected chi connectivity index (χ1v) is 5.49. The lowest BCUT2D eigenvalue weighted by Crippen LogP contribution is -2.27. The van der Waals surface area contributed by atoms with Gasteiger partial charge in [-0.25, -0.2) is 4.79 Å². The molecule has 0 saturated carbocycles. The van der Waals surface area contributed by atoms with Crippen LogP contribution in [-0.2, 0) is 14.3 Å². The van der Waals surface area contributed by atoms with Crippen molar-refractivity contribution in [2.45, 2.75) is 32.8 Å². The predicted molar refractivity (Wildman–Crippen MR) is 58.5 cm³/mol. The Kier molecular flexibility index (Phi) is 4.82. The summed E-state index contributed by atoms with van der Waals surface area (Å²) in [6.45, 7) is 4.59. The maximum Gasteiger partial charge on any atom is 0.334 e. The Morgan fingerprint density at radius 1 is 1.47 bits per heavy atom. The molecule has 1 aliphatic carbocycles. The first kappa shape index (κ1) is 12.2. The molecule has 3 atom stereocenters. The Morgan fingerprint density at radius 2 is 2.13 bits per heavy atom. The van der Waals surface area contributed by atoms with Crippen molar-refractivity contribution in [3.05, 3.63) is 12.2 Å². The summed E-state index contributed by atoms with van der Waals surface area (Å²) in [5.41, 5.74) is 0. The van der Waals surface area contributed by atoms with Crippen molar-refractivity contribution < 1.29 is 14.3 Å². The lowest BCUT2D eigenvalue weighted by molar-refractivity contribution is -0.154. The van der Waals surface area contributed by atoms with E-state index in [0.717, 1.165) is 12.8 Å². The molecule has 0 heterocycles. The highest BCUT2D eigenvalue weighted by Gasteiger charge is 2.21. The lowest BCUT2D eigenvalue weighted by atomic mass is 9.85. The minimum atomic E-state index is -0.451. The van der Waals surface area contributed by atoms with E-state index in [2.05, 4.69) is 23.8 Å². The van der Waals surface area contributed by atoms with E-state index in [-0.39, 0.29) is 5.97 Å². The van der Waals surface area contributed by atoms with Crippen LogP contribution in [0.15, 0.2) is 12.2 Å². The van der Waals surface area contributed by atoms with Crippen LogP contribution < -0.4 is 0 Å². The zero-order valence-corrected chi connectivity index (χ0v) is 9.73. The fourth-order valence-corrected chi connectivity index (χ4v) is 1.74. The van der Waals surface area contributed by atoms with E-state index in [1.807, 2.05) is 0 Å². The quantitative estimate of drug-likeness (QED) is 0.529. The van der Waals surface area contributed by atoms with E-state index in [4.69, 9.17) is 4.74 Å². The van der Waals surface area contributed by atoms with Crippen LogP contribution in [0.3, 0.4) is 0 Å². The molecule has 0 saturated heterocycles. The first-order chi connectivity index (χ1) is 7.15. The third kappa shape index (κ3) is 3.67. The Hall–Kier alpha value is -0.830. The van der Waals surface area contributed by atoms with Crippen LogP contribution >= 0.6 is 0 Å². The molecule has 0 aromatic heterocycles. The Balaban J connectivity index is 2.30. The smallest absolute Gasteiger partial charge is 0.334 e. The van der Waals surface area contributed by atoms with Crippen LogP contribution in [0.2, 0.25) is 0 Å². The number of carbonyl (C=O) groups is 1. The molecule has 0 aliphatic heterocycles. The second kappa shape index (κ2) is 5.91. The van der Waals surface area contributed by atoms with Crippen molar-refractivity contribution in [3.63, 3.8) is 0 Å². The van der Waals surface area contributed by atoms with Gasteiger partial charge in [-0.05, 0) is 31.6 Å². The van der Waals surface area contributed by atoms with Gasteiger partial charge in [-0.1, -0.05) is 19.1 Å². The van der Waals surface area contributed by atoms with Gasteiger partial charge in [-0.3, -0.25) is 0 Å². The van der Waals surface area contributed by atoms with Gasteiger partial charge < -0.3 is 9.47 Å². The fourth-order valence-electron chi connectivity index (χ4n) is 1.74. The molecule has 0 aromatic rings. The number of hydrogen-bond acceptors (Lipinski definition) is 3. The fraction of sp³-hybridized carbons (Fsp3) is 0.750. The highest BCUT2D eigenvalue weighted by molar-refractivity contribution is 5.73. The van der Waals surface area contributed by atoms with Crippen LogP contribution in [0.5, 0.6) is 0 Å².